The first kappa shape index (κ1) is 15.1. The van der Waals surface area contributed by atoms with Crippen LogP contribution in [0, 0.1) is 0 Å². The summed E-state index contributed by atoms with van der Waals surface area (Å²) in [5.41, 5.74) is 0.929. The molecular weight excluding hydrogens is 302 g/mol. The third-order valence-corrected chi connectivity index (χ3v) is 5.84. The number of nitrogens with zero attached hydrogens (tertiary/aromatic N) is 5. The number of hydrogen-bond donors (Lipinski definition) is 0. The summed E-state index contributed by atoms with van der Waals surface area (Å²) in [6.45, 7) is 2.74. The quantitative estimate of drug-likeness (QED) is 0.849. The van der Waals surface area contributed by atoms with Gasteiger partial charge in [0.25, 0.3) is 10.2 Å². The molecule has 0 saturated carbocycles. The lowest BCUT2D eigenvalue weighted by Gasteiger charge is -2.33. The Morgan fingerprint density at radius 1 is 1.18 bits per heavy atom. The number of fused-ring (bicyclic) bond motifs is 1. The Balaban J connectivity index is 1.97. The Hall–Kier alpha value is -1.77. The molecule has 1 aromatic carbocycles. The van der Waals surface area contributed by atoms with Gasteiger partial charge in [0.05, 0.1) is 12.6 Å². The van der Waals surface area contributed by atoms with E-state index in [0.29, 0.717) is 24.7 Å². The Labute approximate surface area is 130 Å². The molecule has 2 aromatic rings. The third kappa shape index (κ3) is 2.43. The van der Waals surface area contributed by atoms with Gasteiger partial charge >= 0.3 is 0 Å². The van der Waals surface area contributed by atoms with Crippen molar-refractivity contribution in [3.8, 4) is 11.4 Å². The molecule has 1 atom stereocenters. The van der Waals surface area contributed by atoms with Crippen LogP contribution in [0.15, 0.2) is 30.3 Å². The van der Waals surface area contributed by atoms with Crippen molar-refractivity contribution in [3.05, 3.63) is 36.2 Å². The van der Waals surface area contributed by atoms with Crippen molar-refractivity contribution in [2.24, 2.45) is 0 Å². The van der Waals surface area contributed by atoms with Gasteiger partial charge in [0.15, 0.2) is 5.82 Å². The molecule has 2 heterocycles. The van der Waals surface area contributed by atoms with Crippen LogP contribution < -0.4 is 0 Å². The monoisotopic (exact) mass is 321 g/mol. The molecule has 0 unspecified atom stereocenters. The second-order valence-corrected chi connectivity index (χ2v) is 7.55. The first-order valence-electron chi connectivity index (χ1n) is 7.10. The second kappa shape index (κ2) is 5.45. The van der Waals surface area contributed by atoms with Gasteiger partial charge in [-0.1, -0.05) is 30.3 Å². The molecule has 0 amide bonds. The minimum atomic E-state index is -3.46. The minimum Gasteiger partial charge on any atom is -0.246 e. The molecule has 3 rings (SSSR count). The highest BCUT2D eigenvalue weighted by molar-refractivity contribution is 7.86. The van der Waals surface area contributed by atoms with Crippen molar-refractivity contribution in [2.45, 2.75) is 19.5 Å². The first-order valence-corrected chi connectivity index (χ1v) is 8.50. The van der Waals surface area contributed by atoms with E-state index in [-0.39, 0.29) is 6.04 Å². The van der Waals surface area contributed by atoms with Gasteiger partial charge in [-0.3, -0.25) is 0 Å². The van der Waals surface area contributed by atoms with Gasteiger partial charge in [0.1, 0.15) is 5.82 Å². The van der Waals surface area contributed by atoms with E-state index in [9.17, 15) is 8.42 Å². The molecule has 0 radical (unpaired) electrons. The summed E-state index contributed by atoms with van der Waals surface area (Å²) in [4.78, 5) is 4.55. The highest BCUT2D eigenvalue weighted by Gasteiger charge is 2.36. The van der Waals surface area contributed by atoms with Gasteiger partial charge in [-0.05, 0) is 6.92 Å². The van der Waals surface area contributed by atoms with Crippen LogP contribution >= 0.6 is 0 Å². The normalized spacial score (nSPS) is 19.4. The van der Waals surface area contributed by atoms with Gasteiger partial charge in [-0.25, -0.2) is 9.67 Å². The molecule has 1 aromatic heterocycles. The van der Waals surface area contributed by atoms with Gasteiger partial charge < -0.3 is 0 Å². The van der Waals surface area contributed by atoms with E-state index in [1.807, 2.05) is 37.3 Å². The van der Waals surface area contributed by atoms with E-state index in [1.165, 1.54) is 22.7 Å². The van der Waals surface area contributed by atoms with E-state index < -0.39 is 10.2 Å². The fraction of sp³-hybridized carbons (Fsp3) is 0.429. The molecule has 118 valence electrons. The Kier molecular flexibility index (Phi) is 3.75. The van der Waals surface area contributed by atoms with Crippen LogP contribution in [-0.4, -0.2) is 52.4 Å². The molecule has 22 heavy (non-hydrogen) atoms. The van der Waals surface area contributed by atoms with Crippen LogP contribution in [0.3, 0.4) is 0 Å². The molecule has 0 spiro atoms. The standard InChI is InChI=1S/C14H19N5O2S/c1-11-14-15-13(12-7-5-4-6-8-12)16-18(14)9-10-19(11)22(20,21)17(2)3/h4-8,11H,9-10H2,1-3H3/t11-/m0/s1. The summed E-state index contributed by atoms with van der Waals surface area (Å²) >= 11 is 0. The predicted molar refractivity (Wildman–Crippen MR) is 83.2 cm³/mol. The third-order valence-electron chi connectivity index (χ3n) is 3.83. The summed E-state index contributed by atoms with van der Waals surface area (Å²) in [6, 6.07) is 9.35. The highest BCUT2D eigenvalue weighted by Crippen LogP contribution is 2.28. The van der Waals surface area contributed by atoms with Gasteiger partial charge in [0.2, 0.25) is 0 Å². The summed E-state index contributed by atoms with van der Waals surface area (Å²) in [6.07, 6.45) is 0. The Bertz CT molecular complexity index is 770. The zero-order valence-corrected chi connectivity index (χ0v) is 13.7. The molecule has 0 N–H and O–H groups in total. The number of hydrogen-bond acceptors (Lipinski definition) is 4. The lowest BCUT2D eigenvalue weighted by Crippen LogP contribution is -2.46. The molecule has 0 bridgehead atoms. The number of aromatic nitrogens is 3. The average molecular weight is 321 g/mol. The molecule has 0 saturated heterocycles. The summed E-state index contributed by atoms with van der Waals surface area (Å²) in [7, 11) is -0.385. The smallest absolute Gasteiger partial charge is 0.246 e. The van der Waals surface area contributed by atoms with Crippen LogP contribution in [0.4, 0.5) is 0 Å². The van der Waals surface area contributed by atoms with E-state index in [4.69, 9.17) is 0 Å². The molecule has 1 aliphatic heterocycles. The van der Waals surface area contributed by atoms with Crippen molar-refractivity contribution in [1.82, 2.24) is 23.4 Å². The lowest BCUT2D eigenvalue weighted by molar-refractivity contribution is 0.252. The first-order chi connectivity index (χ1) is 10.4. The van der Waals surface area contributed by atoms with Gasteiger partial charge in [-0.15, -0.1) is 0 Å². The van der Waals surface area contributed by atoms with E-state index in [0.717, 1.165) is 5.56 Å². The van der Waals surface area contributed by atoms with E-state index in [2.05, 4.69) is 10.1 Å². The minimum absolute atomic E-state index is 0.342. The zero-order valence-electron chi connectivity index (χ0n) is 12.8. The fourth-order valence-corrected chi connectivity index (χ4v) is 3.80. The van der Waals surface area contributed by atoms with E-state index >= 15 is 0 Å². The lowest BCUT2D eigenvalue weighted by atomic mass is 10.2. The Morgan fingerprint density at radius 3 is 2.50 bits per heavy atom. The number of rotatable bonds is 3. The van der Waals surface area contributed by atoms with Crippen LogP contribution in [-0.2, 0) is 16.8 Å². The molecule has 7 nitrogen and oxygen atoms in total. The number of benzene rings is 1. The average Bonchev–Trinajstić information content (AvgIpc) is 2.93. The van der Waals surface area contributed by atoms with E-state index in [1.54, 1.807) is 4.68 Å². The van der Waals surface area contributed by atoms with Crippen molar-refractivity contribution in [1.29, 1.82) is 0 Å². The van der Waals surface area contributed by atoms with Gasteiger partial charge in [0, 0.05) is 26.2 Å². The summed E-state index contributed by atoms with van der Waals surface area (Å²) < 4.78 is 29.2. The van der Waals surface area contributed by atoms with Crippen LogP contribution in [0.2, 0.25) is 0 Å². The van der Waals surface area contributed by atoms with Crippen molar-refractivity contribution >= 4 is 10.2 Å². The van der Waals surface area contributed by atoms with Gasteiger partial charge in [-0.2, -0.15) is 22.1 Å². The van der Waals surface area contributed by atoms with Crippen molar-refractivity contribution < 1.29 is 8.42 Å². The summed E-state index contributed by atoms with van der Waals surface area (Å²) in [5.74, 6) is 1.31. The Morgan fingerprint density at radius 2 is 1.86 bits per heavy atom. The molecule has 0 aliphatic carbocycles. The highest BCUT2D eigenvalue weighted by atomic mass is 32.2. The second-order valence-electron chi connectivity index (χ2n) is 5.46. The molecule has 0 fully saturated rings. The van der Waals surface area contributed by atoms with Crippen molar-refractivity contribution in [3.63, 3.8) is 0 Å². The van der Waals surface area contributed by atoms with Crippen molar-refractivity contribution in [2.75, 3.05) is 20.6 Å². The van der Waals surface area contributed by atoms with Crippen LogP contribution in [0.5, 0.6) is 0 Å². The van der Waals surface area contributed by atoms with Crippen LogP contribution in [0.25, 0.3) is 11.4 Å². The maximum atomic E-state index is 12.4. The largest absolute Gasteiger partial charge is 0.282 e. The molecule has 8 heteroatoms. The van der Waals surface area contributed by atoms with Crippen LogP contribution in [0.1, 0.15) is 18.8 Å². The molecule has 1 aliphatic rings. The fourth-order valence-electron chi connectivity index (χ4n) is 2.58. The summed E-state index contributed by atoms with van der Waals surface area (Å²) in [5, 5.41) is 4.50. The topological polar surface area (TPSA) is 71.3 Å². The molecular formula is C14H19N5O2S. The maximum Gasteiger partial charge on any atom is 0.282 e. The maximum absolute atomic E-state index is 12.4. The SMILES string of the molecule is C[C@H]1c2nc(-c3ccccc3)nn2CCN1S(=O)(=O)N(C)C. The predicted octanol–water partition coefficient (Wildman–Crippen LogP) is 1.13. The zero-order chi connectivity index (χ0) is 15.9.